The molecule has 0 heterocycles. The van der Waals surface area contributed by atoms with Crippen molar-refractivity contribution in [3.8, 4) is 0 Å². The Morgan fingerprint density at radius 3 is 1.50 bits per heavy atom. The van der Waals surface area contributed by atoms with Crippen LogP contribution in [0.5, 0.6) is 0 Å². The highest BCUT2D eigenvalue weighted by Gasteiger charge is 2.40. The number of ketones is 1. The van der Waals surface area contributed by atoms with Gasteiger partial charge in [-0.15, -0.1) is 0 Å². The van der Waals surface area contributed by atoms with Crippen LogP contribution in [0.2, 0.25) is 6.04 Å². The molecule has 0 radical (unpaired) electrons. The number of thioether (sulfide) groups is 1. The number of rotatable bonds is 26. The van der Waals surface area contributed by atoms with Crippen LogP contribution in [0.1, 0.15) is 130 Å². The number of hydrogen-bond donors (Lipinski definition) is 0. The van der Waals surface area contributed by atoms with Crippen molar-refractivity contribution in [3.05, 3.63) is 0 Å². The van der Waals surface area contributed by atoms with E-state index in [1.165, 1.54) is 38.5 Å². The number of carbonyl (C=O) groups is 2. The molecule has 0 aromatic heterocycles. The second-order valence-corrected chi connectivity index (χ2v) is 13.0. The predicted molar refractivity (Wildman–Crippen MR) is 147 cm³/mol. The molecule has 7 heteroatoms. The van der Waals surface area contributed by atoms with Crippen LogP contribution >= 0.6 is 11.8 Å². The second-order valence-electron chi connectivity index (χ2n) is 9.18. The average molecular weight is 519 g/mol. The summed E-state index contributed by atoms with van der Waals surface area (Å²) in [6, 6.07) is 0.705. The van der Waals surface area contributed by atoms with E-state index in [9.17, 15) is 9.59 Å². The Morgan fingerprint density at radius 1 is 0.588 bits per heavy atom. The van der Waals surface area contributed by atoms with Gasteiger partial charge in [0.15, 0.2) is 0 Å². The first-order valence-corrected chi connectivity index (χ1v) is 17.1. The third kappa shape index (κ3) is 19.0. The Hall–Kier alpha value is -0.213. The topological polar surface area (TPSA) is 61.8 Å². The number of Topliss-reactive ketones (excluding diaryl/α,β-unsaturated/α-hetero) is 1. The summed E-state index contributed by atoms with van der Waals surface area (Å²) in [7, 11) is -2.76. The number of hydrogen-bond acceptors (Lipinski definition) is 6. The normalized spacial score (nSPS) is 11.8. The minimum Gasteiger partial charge on any atom is -0.373 e. The molecule has 0 saturated carbocycles. The van der Waals surface area contributed by atoms with Crippen molar-refractivity contribution >= 4 is 31.5 Å². The standard InChI is InChI=1S/C27H54O5SSi/c1-5-9-13-14-15-16-17-18-20-26(28)27(29)33-24-19-25-34(30-21-10-6-2,31-22-11-7-3)32-23-12-8-4/h5-25H2,1-4H3. The summed E-state index contributed by atoms with van der Waals surface area (Å²) in [6.45, 7) is 10.6. The van der Waals surface area contributed by atoms with Gasteiger partial charge in [0.1, 0.15) is 0 Å². The Kier molecular flexibility index (Phi) is 24.3. The van der Waals surface area contributed by atoms with E-state index in [1.54, 1.807) is 0 Å². The van der Waals surface area contributed by atoms with E-state index in [2.05, 4.69) is 27.7 Å². The van der Waals surface area contributed by atoms with E-state index >= 15 is 0 Å². The zero-order valence-electron chi connectivity index (χ0n) is 22.8. The summed E-state index contributed by atoms with van der Waals surface area (Å²) in [5.41, 5.74) is 0. The van der Waals surface area contributed by atoms with Crippen LogP contribution in [0, 0.1) is 0 Å². The molecule has 34 heavy (non-hydrogen) atoms. The van der Waals surface area contributed by atoms with Crippen LogP contribution in [-0.2, 0) is 22.9 Å². The van der Waals surface area contributed by atoms with E-state index in [0.29, 0.717) is 38.0 Å². The fraction of sp³-hybridized carbons (Fsp3) is 0.926. The molecule has 0 saturated heterocycles. The van der Waals surface area contributed by atoms with Crippen molar-refractivity contribution in [2.45, 2.75) is 136 Å². The van der Waals surface area contributed by atoms with Crippen LogP contribution < -0.4 is 0 Å². The summed E-state index contributed by atoms with van der Waals surface area (Å²) in [4.78, 5) is 24.5. The zero-order valence-corrected chi connectivity index (χ0v) is 24.6. The Bertz CT molecular complexity index is 463. The van der Waals surface area contributed by atoms with Gasteiger partial charge in [-0.2, -0.15) is 0 Å². The highest BCUT2D eigenvalue weighted by atomic mass is 32.2. The maximum absolute atomic E-state index is 12.3. The molecule has 0 fully saturated rings. The van der Waals surface area contributed by atoms with Crippen molar-refractivity contribution in [2.75, 3.05) is 25.6 Å². The Morgan fingerprint density at radius 2 is 1.03 bits per heavy atom. The number of carbonyl (C=O) groups excluding carboxylic acids is 2. The van der Waals surface area contributed by atoms with Crippen molar-refractivity contribution in [3.63, 3.8) is 0 Å². The van der Waals surface area contributed by atoms with Crippen LogP contribution in [0.15, 0.2) is 0 Å². The molecular formula is C27H54O5SSi. The fourth-order valence-corrected chi connectivity index (χ4v) is 7.17. The molecule has 0 unspecified atom stereocenters. The first-order chi connectivity index (χ1) is 16.5. The van der Waals surface area contributed by atoms with Crippen LogP contribution in [0.25, 0.3) is 0 Å². The predicted octanol–water partition coefficient (Wildman–Crippen LogP) is 8.13. The Labute approximate surface area is 216 Å². The molecule has 0 aliphatic rings. The molecule has 0 rings (SSSR count). The molecule has 0 aromatic rings. The van der Waals surface area contributed by atoms with Gasteiger partial charge in [-0.1, -0.05) is 104 Å². The minimum absolute atomic E-state index is 0.225. The van der Waals surface area contributed by atoms with Gasteiger partial charge in [0.05, 0.1) is 0 Å². The third-order valence-corrected chi connectivity index (χ3v) is 9.69. The van der Waals surface area contributed by atoms with Gasteiger partial charge in [-0.25, -0.2) is 0 Å². The van der Waals surface area contributed by atoms with E-state index in [0.717, 1.165) is 69.5 Å². The quantitative estimate of drug-likeness (QED) is 0.0654. The molecule has 0 spiro atoms. The molecule has 0 aliphatic heterocycles. The molecule has 0 atom stereocenters. The van der Waals surface area contributed by atoms with E-state index < -0.39 is 8.80 Å². The molecule has 0 aliphatic carbocycles. The highest BCUT2D eigenvalue weighted by Crippen LogP contribution is 2.22. The third-order valence-electron chi connectivity index (χ3n) is 5.81. The highest BCUT2D eigenvalue weighted by molar-refractivity contribution is 8.15. The monoisotopic (exact) mass is 518 g/mol. The number of unbranched alkanes of at least 4 members (excludes halogenated alkanes) is 10. The molecular weight excluding hydrogens is 464 g/mol. The molecule has 5 nitrogen and oxygen atoms in total. The molecule has 0 bridgehead atoms. The summed E-state index contributed by atoms with van der Waals surface area (Å²) in [6.07, 6.45) is 16.8. The molecule has 0 amide bonds. The van der Waals surface area contributed by atoms with Gasteiger partial charge in [-0.3, -0.25) is 9.59 Å². The van der Waals surface area contributed by atoms with Crippen molar-refractivity contribution in [1.82, 2.24) is 0 Å². The maximum atomic E-state index is 12.3. The first-order valence-electron chi connectivity index (χ1n) is 14.2. The summed E-state index contributed by atoms with van der Waals surface area (Å²) < 4.78 is 18.8. The second kappa shape index (κ2) is 24.5. The molecule has 202 valence electrons. The van der Waals surface area contributed by atoms with Crippen LogP contribution in [0.4, 0.5) is 0 Å². The van der Waals surface area contributed by atoms with Gasteiger partial charge < -0.3 is 13.3 Å². The van der Waals surface area contributed by atoms with Gasteiger partial charge >= 0.3 is 8.80 Å². The summed E-state index contributed by atoms with van der Waals surface area (Å²) in [5.74, 6) is 0.388. The first kappa shape index (κ1) is 33.8. The summed E-state index contributed by atoms with van der Waals surface area (Å²) >= 11 is 1.15. The van der Waals surface area contributed by atoms with Crippen LogP contribution in [-0.4, -0.2) is 45.3 Å². The van der Waals surface area contributed by atoms with E-state index in [1.807, 2.05) is 0 Å². The molecule has 0 N–H and O–H groups in total. The van der Waals surface area contributed by atoms with Crippen molar-refractivity contribution < 1.29 is 22.9 Å². The van der Waals surface area contributed by atoms with Gasteiger partial charge in [0.25, 0.3) is 5.12 Å². The lowest BCUT2D eigenvalue weighted by atomic mass is 10.1. The lowest BCUT2D eigenvalue weighted by molar-refractivity contribution is -0.131. The average Bonchev–Trinajstić information content (AvgIpc) is 2.83. The minimum atomic E-state index is -2.76. The van der Waals surface area contributed by atoms with Crippen molar-refractivity contribution in [1.29, 1.82) is 0 Å². The maximum Gasteiger partial charge on any atom is 0.500 e. The van der Waals surface area contributed by atoms with Gasteiger partial charge in [-0.05, 0) is 32.1 Å². The SMILES string of the molecule is CCCCCCCCCCC(=O)C(=O)SCCC[Si](OCCCC)(OCCCC)OCCCC. The van der Waals surface area contributed by atoms with E-state index in [-0.39, 0.29) is 10.9 Å². The summed E-state index contributed by atoms with van der Waals surface area (Å²) in [5, 5.41) is -0.291. The lowest BCUT2D eigenvalue weighted by Gasteiger charge is -2.30. The van der Waals surface area contributed by atoms with Gasteiger partial charge in [0, 0.05) is 38.0 Å². The van der Waals surface area contributed by atoms with E-state index in [4.69, 9.17) is 13.3 Å². The van der Waals surface area contributed by atoms with Gasteiger partial charge in [0.2, 0.25) is 5.78 Å². The van der Waals surface area contributed by atoms with Crippen molar-refractivity contribution in [2.24, 2.45) is 0 Å². The zero-order chi connectivity index (χ0) is 25.3. The van der Waals surface area contributed by atoms with Crippen LogP contribution in [0.3, 0.4) is 0 Å². The molecule has 0 aromatic carbocycles. The Balaban J connectivity index is 4.38. The lowest BCUT2D eigenvalue weighted by Crippen LogP contribution is -2.46. The fourth-order valence-electron chi connectivity index (χ4n) is 3.51. The largest absolute Gasteiger partial charge is 0.500 e. The smallest absolute Gasteiger partial charge is 0.373 e.